The Kier molecular flexibility index (Phi) is 4.69. The standard InChI is InChI=1S/C14H20N2OS/c15-14(18)13-3-1-2-8-16(13)9-11-4-6-12(10-17)7-5-11/h4-7,13,17H,1-3,8-10H2,(H2,15,18). The van der Waals surface area contributed by atoms with Crippen molar-refractivity contribution in [1.82, 2.24) is 4.90 Å². The van der Waals surface area contributed by atoms with Crippen molar-refractivity contribution in [2.75, 3.05) is 6.54 Å². The van der Waals surface area contributed by atoms with E-state index in [1.807, 2.05) is 12.1 Å². The Balaban J connectivity index is 2.03. The summed E-state index contributed by atoms with van der Waals surface area (Å²) in [7, 11) is 0. The van der Waals surface area contributed by atoms with Gasteiger partial charge in [-0.05, 0) is 30.5 Å². The van der Waals surface area contributed by atoms with E-state index in [9.17, 15) is 0 Å². The second-order valence-corrected chi connectivity index (χ2v) is 5.33. The summed E-state index contributed by atoms with van der Waals surface area (Å²) < 4.78 is 0. The minimum atomic E-state index is 0.0967. The molecule has 1 aromatic carbocycles. The van der Waals surface area contributed by atoms with Crippen molar-refractivity contribution in [2.45, 2.75) is 38.5 Å². The minimum absolute atomic E-state index is 0.0967. The Labute approximate surface area is 114 Å². The van der Waals surface area contributed by atoms with Crippen LogP contribution in [0.3, 0.4) is 0 Å². The lowest BCUT2D eigenvalue weighted by molar-refractivity contribution is 0.184. The van der Waals surface area contributed by atoms with E-state index in [-0.39, 0.29) is 12.6 Å². The Morgan fingerprint density at radius 2 is 1.94 bits per heavy atom. The normalized spacial score (nSPS) is 20.8. The molecule has 0 aromatic heterocycles. The van der Waals surface area contributed by atoms with E-state index in [2.05, 4.69) is 17.0 Å². The van der Waals surface area contributed by atoms with Gasteiger partial charge in [-0.2, -0.15) is 0 Å². The number of aliphatic hydroxyl groups is 1. The molecule has 0 radical (unpaired) electrons. The van der Waals surface area contributed by atoms with E-state index in [1.165, 1.54) is 18.4 Å². The number of benzene rings is 1. The van der Waals surface area contributed by atoms with Crippen LogP contribution in [0, 0.1) is 0 Å². The molecule has 1 aliphatic heterocycles. The summed E-state index contributed by atoms with van der Waals surface area (Å²) in [6.07, 6.45) is 3.50. The van der Waals surface area contributed by atoms with Gasteiger partial charge in [0.1, 0.15) is 0 Å². The van der Waals surface area contributed by atoms with Gasteiger partial charge in [0.05, 0.1) is 17.6 Å². The molecule has 4 heteroatoms. The molecule has 1 aliphatic rings. The van der Waals surface area contributed by atoms with Gasteiger partial charge in [0.25, 0.3) is 0 Å². The molecule has 3 nitrogen and oxygen atoms in total. The van der Waals surface area contributed by atoms with Crippen molar-refractivity contribution >= 4 is 17.2 Å². The van der Waals surface area contributed by atoms with E-state index in [0.717, 1.165) is 25.1 Å². The van der Waals surface area contributed by atoms with Crippen LogP contribution in [-0.2, 0) is 13.2 Å². The van der Waals surface area contributed by atoms with Crippen molar-refractivity contribution in [3.05, 3.63) is 35.4 Å². The fourth-order valence-corrected chi connectivity index (χ4v) is 2.75. The van der Waals surface area contributed by atoms with Crippen molar-refractivity contribution in [1.29, 1.82) is 0 Å². The molecule has 0 aliphatic carbocycles. The molecule has 98 valence electrons. The Morgan fingerprint density at radius 1 is 1.28 bits per heavy atom. The number of thiocarbonyl (C=S) groups is 1. The van der Waals surface area contributed by atoms with Crippen molar-refractivity contribution in [3.8, 4) is 0 Å². The van der Waals surface area contributed by atoms with Crippen molar-refractivity contribution in [2.24, 2.45) is 5.73 Å². The molecule has 0 amide bonds. The van der Waals surface area contributed by atoms with Gasteiger partial charge in [-0.15, -0.1) is 0 Å². The Hall–Kier alpha value is -0.970. The third kappa shape index (κ3) is 3.28. The van der Waals surface area contributed by atoms with Crippen molar-refractivity contribution < 1.29 is 5.11 Å². The van der Waals surface area contributed by atoms with Crippen LogP contribution in [0.25, 0.3) is 0 Å². The average molecular weight is 264 g/mol. The highest BCUT2D eigenvalue weighted by Gasteiger charge is 2.24. The number of nitrogens with two attached hydrogens (primary N) is 1. The molecule has 18 heavy (non-hydrogen) atoms. The molecule has 1 atom stereocenters. The first-order valence-electron chi connectivity index (χ1n) is 6.43. The number of rotatable bonds is 4. The zero-order chi connectivity index (χ0) is 13.0. The third-order valence-electron chi connectivity index (χ3n) is 3.53. The molecule has 1 saturated heterocycles. The van der Waals surface area contributed by atoms with E-state index in [1.54, 1.807) is 0 Å². The lowest BCUT2D eigenvalue weighted by Crippen LogP contribution is -2.46. The summed E-state index contributed by atoms with van der Waals surface area (Å²) >= 11 is 5.15. The third-order valence-corrected chi connectivity index (χ3v) is 3.81. The van der Waals surface area contributed by atoms with Crippen LogP contribution < -0.4 is 5.73 Å². The zero-order valence-electron chi connectivity index (χ0n) is 10.5. The van der Waals surface area contributed by atoms with Gasteiger partial charge in [0.2, 0.25) is 0 Å². The molecule has 1 heterocycles. The summed E-state index contributed by atoms with van der Waals surface area (Å²) in [6.45, 7) is 2.04. The fourth-order valence-electron chi connectivity index (χ4n) is 2.49. The Morgan fingerprint density at radius 3 is 2.56 bits per heavy atom. The number of likely N-dealkylation sites (tertiary alicyclic amines) is 1. The maximum atomic E-state index is 9.02. The van der Waals surface area contributed by atoms with Gasteiger partial charge in [-0.25, -0.2) is 0 Å². The molecule has 0 bridgehead atoms. The summed E-state index contributed by atoms with van der Waals surface area (Å²) in [5.74, 6) is 0. The first kappa shape index (κ1) is 13.5. The van der Waals surface area contributed by atoms with Crippen LogP contribution in [0.1, 0.15) is 30.4 Å². The lowest BCUT2D eigenvalue weighted by Gasteiger charge is -2.35. The van der Waals surface area contributed by atoms with Crippen LogP contribution in [0.2, 0.25) is 0 Å². The number of hydrogen-bond donors (Lipinski definition) is 2. The van der Waals surface area contributed by atoms with Crippen LogP contribution in [-0.4, -0.2) is 27.6 Å². The molecule has 3 N–H and O–H groups in total. The van der Waals surface area contributed by atoms with Gasteiger partial charge in [0.15, 0.2) is 0 Å². The summed E-state index contributed by atoms with van der Waals surface area (Å²) in [6, 6.07) is 8.31. The molecule has 0 saturated carbocycles. The largest absolute Gasteiger partial charge is 0.392 e. The topological polar surface area (TPSA) is 49.5 Å². The number of piperidine rings is 1. The number of aliphatic hydroxyl groups excluding tert-OH is 1. The molecule has 1 fully saturated rings. The summed E-state index contributed by atoms with van der Waals surface area (Å²) in [5, 5.41) is 9.02. The van der Waals surface area contributed by atoms with Crippen LogP contribution in [0.4, 0.5) is 0 Å². The van der Waals surface area contributed by atoms with E-state index >= 15 is 0 Å². The van der Waals surface area contributed by atoms with Crippen LogP contribution in [0.5, 0.6) is 0 Å². The minimum Gasteiger partial charge on any atom is -0.392 e. The predicted octanol–water partition coefficient (Wildman–Crippen LogP) is 1.82. The van der Waals surface area contributed by atoms with Gasteiger partial charge in [-0.1, -0.05) is 42.9 Å². The molecule has 0 spiro atoms. The zero-order valence-corrected chi connectivity index (χ0v) is 11.3. The fraction of sp³-hybridized carbons (Fsp3) is 0.500. The van der Waals surface area contributed by atoms with E-state index in [4.69, 9.17) is 23.1 Å². The predicted molar refractivity (Wildman–Crippen MR) is 77.2 cm³/mol. The quantitative estimate of drug-likeness (QED) is 0.815. The number of nitrogens with zero attached hydrogens (tertiary/aromatic N) is 1. The Bertz CT molecular complexity index is 405. The lowest BCUT2D eigenvalue weighted by atomic mass is 10.0. The first-order chi connectivity index (χ1) is 8.70. The molecular weight excluding hydrogens is 244 g/mol. The molecule has 1 unspecified atom stereocenters. The van der Waals surface area contributed by atoms with Crippen LogP contribution >= 0.6 is 12.2 Å². The summed E-state index contributed by atoms with van der Waals surface area (Å²) in [5.41, 5.74) is 8.01. The second kappa shape index (κ2) is 6.27. The SMILES string of the molecule is NC(=S)C1CCCCN1Cc1ccc(CO)cc1. The maximum Gasteiger partial charge on any atom is 0.0902 e. The van der Waals surface area contributed by atoms with E-state index in [0.29, 0.717) is 4.99 Å². The second-order valence-electron chi connectivity index (χ2n) is 4.86. The molecule has 2 rings (SSSR count). The average Bonchev–Trinajstić information content (AvgIpc) is 2.40. The van der Waals surface area contributed by atoms with Gasteiger partial charge in [-0.3, -0.25) is 4.90 Å². The summed E-state index contributed by atoms with van der Waals surface area (Å²) in [4.78, 5) is 2.97. The highest BCUT2D eigenvalue weighted by Crippen LogP contribution is 2.20. The van der Waals surface area contributed by atoms with E-state index < -0.39 is 0 Å². The van der Waals surface area contributed by atoms with Crippen LogP contribution in [0.15, 0.2) is 24.3 Å². The highest BCUT2D eigenvalue weighted by molar-refractivity contribution is 7.80. The molecule has 1 aromatic rings. The first-order valence-corrected chi connectivity index (χ1v) is 6.83. The van der Waals surface area contributed by atoms with Gasteiger partial charge in [0, 0.05) is 6.54 Å². The van der Waals surface area contributed by atoms with Gasteiger partial charge >= 0.3 is 0 Å². The smallest absolute Gasteiger partial charge is 0.0902 e. The number of hydrogen-bond acceptors (Lipinski definition) is 3. The highest BCUT2D eigenvalue weighted by atomic mass is 32.1. The monoisotopic (exact) mass is 264 g/mol. The van der Waals surface area contributed by atoms with Crippen molar-refractivity contribution in [3.63, 3.8) is 0 Å². The van der Waals surface area contributed by atoms with Gasteiger partial charge < -0.3 is 10.8 Å². The maximum absolute atomic E-state index is 9.02. The molecular formula is C14H20N2OS.